The molecule has 1 aromatic carbocycles. The van der Waals surface area contributed by atoms with Crippen LogP contribution in [0.4, 0.5) is 18.9 Å². The average molecular weight is 346 g/mol. The third-order valence-electron chi connectivity index (χ3n) is 3.37. The van der Waals surface area contributed by atoms with Crippen molar-refractivity contribution in [3.8, 4) is 0 Å². The van der Waals surface area contributed by atoms with E-state index in [0.29, 0.717) is 12.0 Å². The van der Waals surface area contributed by atoms with Gasteiger partial charge in [-0.2, -0.15) is 13.2 Å². The monoisotopic (exact) mass is 346 g/mol. The van der Waals surface area contributed by atoms with Crippen LogP contribution in [-0.2, 0) is 16.0 Å². The Labute approximate surface area is 138 Å². The second kappa shape index (κ2) is 8.68. The molecular formula is C16H21F3N2O3. The van der Waals surface area contributed by atoms with Crippen molar-refractivity contribution in [2.75, 3.05) is 18.9 Å². The first-order valence-corrected chi connectivity index (χ1v) is 7.49. The quantitative estimate of drug-likeness (QED) is 0.777. The number of hydrogen-bond acceptors (Lipinski definition) is 3. The first-order chi connectivity index (χ1) is 11.1. The zero-order valence-corrected chi connectivity index (χ0v) is 13.6. The zero-order valence-electron chi connectivity index (χ0n) is 13.6. The first-order valence-electron chi connectivity index (χ1n) is 7.49. The maximum Gasteiger partial charge on any atom is 0.389 e. The van der Waals surface area contributed by atoms with Gasteiger partial charge in [-0.15, -0.1) is 0 Å². The van der Waals surface area contributed by atoms with Gasteiger partial charge in [0.05, 0.1) is 6.10 Å². The lowest BCUT2D eigenvalue weighted by molar-refractivity contribution is -0.142. The molecule has 1 unspecified atom stereocenters. The Morgan fingerprint density at radius 2 is 1.92 bits per heavy atom. The summed E-state index contributed by atoms with van der Waals surface area (Å²) in [6.45, 7) is 1.76. The number of carbonyl (C=O) groups is 2. The summed E-state index contributed by atoms with van der Waals surface area (Å²) < 4.78 is 37.1. The number of para-hydroxylation sites is 1. The van der Waals surface area contributed by atoms with Crippen molar-refractivity contribution >= 4 is 17.5 Å². The standard InChI is InChI=1S/C16H21F3N2O3/c1-11(22)8-10-21(2)15(24)14(23)20-13-6-4-3-5-12(13)7-9-16(17,18)19/h3-6,11,22H,7-10H2,1-2H3,(H,20,23). The van der Waals surface area contributed by atoms with E-state index in [1.807, 2.05) is 0 Å². The SMILES string of the molecule is CC(O)CCN(C)C(=O)C(=O)Nc1ccccc1CCC(F)(F)F. The molecule has 0 heterocycles. The van der Waals surface area contributed by atoms with Crippen LogP contribution in [0, 0.1) is 0 Å². The molecule has 2 amide bonds. The van der Waals surface area contributed by atoms with E-state index in [4.69, 9.17) is 0 Å². The summed E-state index contributed by atoms with van der Waals surface area (Å²) in [6, 6.07) is 6.06. The molecule has 0 aliphatic carbocycles. The molecule has 0 spiro atoms. The van der Waals surface area contributed by atoms with E-state index in [1.54, 1.807) is 19.1 Å². The van der Waals surface area contributed by atoms with Crippen LogP contribution < -0.4 is 5.32 Å². The van der Waals surface area contributed by atoms with Gasteiger partial charge in [-0.3, -0.25) is 9.59 Å². The van der Waals surface area contributed by atoms with Crippen LogP contribution in [0.3, 0.4) is 0 Å². The molecule has 0 saturated carbocycles. The minimum atomic E-state index is -4.30. The Balaban J connectivity index is 2.71. The zero-order chi connectivity index (χ0) is 18.3. The lowest BCUT2D eigenvalue weighted by Gasteiger charge is -2.18. The Kier molecular flexibility index (Phi) is 7.21. The van der Waals surface area contributed by atoms with Gasteiger partial charge in [0.2, 0.25) is 0 Å². The maximum atomic E-state index is 12.4. The summed E-state index contributed by atoms with van der Waals surface area (Å²) in [5, 5.41) is 11.5. The van der Waals surface area contributed by atoms with Crippen molar-refractivity contribution in [3.05, 3.63) is 29.8 Å². The number of likely N-dealkylation sites (N-methyl/N-ethyl adjacent to an activating group) is 1. The number of aliphatic hydroxyl groups is 1. The number of aliphatic hydroxyl groups excluding tert-OH is 1. The van der Waals surface area contributed by atoms with Crippen molar-refractivity contribution in [2.24, 2.45) is 0 Å². The molecule has 0 aliphatic rings. The van der Waals surface area contributed by atoms with Gasteiger partial charge in [0.25, 0.3) is 0 Å². The van der Waals surface area contributed by atoms with Crippen molar-refractivity contribution in [1.29, 1.82) is 0 Å². The molecule has 134 valence electrons. The molecule has 0 fully saturated rings. The number of amides is 2. The van der Waals surface area contributed by atoms with Crippen LogP contribution in [0.5, 0.6) is 0 Å². The summed E-state index contributed by atoms with van der Waals surface area (Å²) in [6.07, 6.45) is -5.88. The van der Waals surface area contributed by atoms with E-state index in [2.05, 4.69) is 5.32 Å². The van der Waals surface area contributed by atoms with Gasteiger partial charge in [0.15, 0.2) is 0 Å². The number of hydrogen-bond donors (Lipinski definition) is 2. The number of nitrogens with zero attached hydrogens (tertiary/aromatic N) is 1. The van der Waals surface area contributed by atoms with E-state index >= 15 is 0 Å². The van der Waals surface area contributed by atoms with Gasteiger partial charge >= 0.3 is 18.0 Å². The van der Waals surface area contributed by atoms with E-state index in [1.165, 1.54) is 19.2 Å². The maximum absolute atomic E-state index is 12.4. The van der Waals surface area contributed by atoms with E-state index in [-0.39, 0.29) is 18.7 Å². The number of rotatable bonds is 6. The molecule has 0 bridgehead atoms. The number of anilines is 1. The van der Waals surface area contributed by atoms with Crippen LogP contribution in [0.1, 0.15) is 25.3 Å². The highest BCUT2D eigenvalue weighted by Gasteiger charge is 2.27. The van der Waals surface area contributed by atoms with E-state index in [9.17, 15) is 27.9 Å². The highest BCUT2D eigenvalue weighted by Crippen LogP contribution is 2.25. The van der Waals surface area contributed by atoms with Crippen LogP contribution >= 0.6 is 0 Å². The number of benzene rings is 1. The highest BCUT2D eigenvalue weighted by atomic mass is 19.4. The number of aryl methyl sites for hydroxylation is 1. The van der Waals surface area contributed by atoms with Crippen molar-refractivity contribution < 1.29 is 27.9 Å². The fourth-order valence-electron chi connectivity index (χ4n) is 1.97. The van der Waals surface area contributed by atoms with Gasteiger partial charge in [0, 0.05) is 25.7 Å². The summed E-state index contributed by atoms with van der Waals surface area (Å²) in [7, 11) is 1.42. The molecule has 5 nitrogen and oxygen atoms in total. The largest absolute Gasteiger partial charge is 0.393 e. The third kappa shape index (κ3) is 6.99. The smallest absolute Gasteiger partial charge is 0.389 e. The minimum Gasteiger partial charge on any atom is -0.393 e. The Morgan fingerprint density at radius 1 is 1.29 bits per heavy atom. The van der Waals surface area contributed by atoms with Crippen LogP contribution in [-0.4, -0.2) is 47.7 Å². The summed E-state index contributed by atoms with van der Waals surface area (Å²) in [5.74, 6) is -1.75. The number of halogens is 3. The van der Waals surface area contributed by atoms with Crippen LogP contribution in [0.2, 0.25) is 0 Å². The van der Waals surface area contributed by atoms with Crippen molar-refractivity contribution in [3.63, 3.8) is 0 Å². The Morgan fingerprint density at radius 3 is 2.50 bits per heavy atom. The molecule has 0 radical (unpaired) electrons. The summed E-state index contributed by atoms with van der Waals surface area (Å²) >= 11 is 0. The number of alkyl halides is 3. The molecule has 1 atom stereocenters. The number of nitrogens with one attached hydrogen (secondary N) is 1. The normalized spacial score (nSPS) is 12.6. The number of carbonyl (C=O) groups excluding carboxylic acids is 2. The lowest BCUT2D eigenvalue weighted by atomic mass is 10.1. The van der Waals surface area contributed by atoms with Crippen LogP contribution in [0.15, 0.2) is 24.3 Å². The molecule has 1 rings (SSSR count). The Bertz CT molecular complexity index is 574. The first kappa shape index (κ1) is 20.0. The third-order valence-corrected chi connectivity index (χ3v) is 3.37. The molecule has 1 aromatic rings. The topological polar surface area (TPSA) is 69.6 Å². The second-order valence-corrected chi connectivity index (χ2v) is 5.59. The molecule has 24 heavy (non-hydrogen) atoms. The molecule has 8 heteroatoms. The minimum absolute atomic E-state index is 0.184. The predicted octanol–water partition coefficient (Wildman–Crippen LogP) is 2.35. The van der Waals surface area contributed by atoms with Crippen LogP contribution in [0.25, 0.3) is 0 Å². The lowest BCUT2D eigenvalue weighted by Crippen LogP contribution is -2.38. The van der Waals surface area contributed by atoms with E-state index < -0.39 is 30.5 Å². The van der Waals surface area contributed by atoms with Crippen molar-refractivity contribution in [1.82, 2.24) is 4.90 Å². The summed E-state index contributed by atoms with van der Waals surface area (Å²) in [5.41, 5.74) is 0.492. The van der Waals surface area contributed by atoms with Gasteiger partial charge in [0.1, 0.15) is 0 Å². The van der Waals surface area contributed by atoms with Gasteiger partial charge in [-0.1, -0.05) is 18.2 Å². The fourth-order valence-corrected chi connectivity index (χ4v) is 1.97. The van der Waals surface area contributed by atoms with Gasteiger partial charge in [-0.25, -0.2) is 0 Å². The van der Waals surface area contributed by atoms with Crippen molar-refractivity contribution in [2.45, 2.75) is 38.5 Å². The second-order valence-electron chi connectivity index (χ2n) is 5.59. The average Bonchev–Trinajstić information content (AvgIpc) is 2.50. The van der Waals surface area contributed by atoms with Gasteiger partial charge < -0.3 is 15.3 Å². The van der Waals surface area contributed by atoms with Gasteiger partial charge in [-0.05, 0) is 31.4 Å². The molecular weight excluding hydrogens is 325 g/mol. The Hall–Kier alpha value is -2.09. The molecule has 0 aromatic heterocycles. The predicted molar refractivity (Wildman–Crippen MR) is 83.4 cm³/mol. The summed E-state index contributed by atoms with van der Waals surface area (Å²) in [4.78, 5) is 25.1. The molecule has 0 aliphatic heterocycles. The van der Waals surface area contributed by atoms with E-state index in [0.717, 1.165) is 4.90 Å². The molecule has 2 N–H and O–H groups in total. The fraction of sp³-hybridized carbons (Fsp3) is 0.500. The molecule has 0 saturated heterocycles. The highest BCUT2D eigenvalue weighted by molar-refractivity contribution is 6.39.